The monoisotopic (exact) mass is 268 g/mol. The Bertz CT molecular complexity index is 367. The highest BCUT2D eigenvalue weighted by molar-refractivity contribution is 6.30. The van der Waals surface area contributed by atoms with Gasteiger partial charge in [-0.25, -0.2) is 0 Å². The Morgan fingerprint density at radius 2 is 2.17 bits per heavy atom. The van der Waals surface area contributed by atoms with Gasteiger partial charge in [-0.3, -0.25) is 0 Å². The Kier molecular flexibility index (Phi) is 5.29. The maximum atomic E-state index is 5.92. The molecule has 0 bridgehead atoms. The van der Waals surface area contributed by atoms with Crippen LogP contribution in [0.4, 0.5) is 0 Å². The fraction of sp³-hybridized carbons (Fsp3) is 0.571. The third-order valence-electron chi connectivity index (χ3n) is 3.11. The van der Waals surface area contributed by atoms with Gasteiger partial charge in [0.15, 0.2) is 0 Å². The molecule has 1 aliphatic heterocycles. The van der Waals surface area contributed by atoms with Crippen molar-refractivity contribution in [2.24, 2.45) is 5.92 Å². The molecular weight excluding hydrogens is 248 g/mol. The molecule has 3 nitrogen and oxygen atoms in total. The van der Waals surface area contributed by atoms with E-state index in [0.29, 0.717) is 5.92 Å². The molecule has 0 amide bonds. The minimum absolute atomic E-state index is 0.530. The number of rotatable bonds is 5. The van der Waals surface area contributed by atoms with Crippen LogP contribution in [0.2, 0.25) is 5.02 Å². The lowest BCUT2D eigenvalue weighted by molar-refractivity contribution is 0.171. The summed E-state index contributed by atoms with van der Waals surface area (Å²) >= 11 is 5.92. The second kappa shape index (κ2) is 6.98. The highest BCUT2D eigenvalue weighted by Crippen LogP contribution is 2.17. The number of benzene rings is 1. The molecule has 1 unspecified atom stereocenters. The largest absolute Gasteiger partial charge is 0.493 e. The molecule has 4 heteroatoms. The Morgan fingerprint density at radius 1 is 1.39 bits per heavy atom. The van der Waals surface area contributed by atoms with Crippen molar-refractivity contribution in [3.63, 3.8) is 0 Å². The molecule has 0 radical (unpaired) electrons. The summed E-state index contributed by atoms with van der Waals surface area (Å²) in [5.74, 6) is 1.39. The molecule has 0 aromatic heterocycles. The van der Waals surface area contributed by atoms with Gasteiger partial charge in [-0.05, 0) is 18.2 Å². The van der Waals surface area contributed by atoms with Crippen LogP contribution in [-0.2, 0) is 0 Å². The van der Waals surface area contributed by atoms with Crippen LogP contribution in [-0.4, -0.2) is 44.2 Å². The van der Waals surface area contributed by atoms with Crippen LogP contribution in [0.15, 0.2) is 24.3 Å². The van der Waals surface area contributed by atoms with Crippen LogP contribution in [0.3, 0.4) is 0 Å². The second-order valence-electron chi connectivity index (χ2n) is 4.92. The summed E-state index contributed by atoms with van der Waals surface area (Å²) < 4.78 is 5.76. The van der Waals surface area contributed by atoms with Crippen molar-refractivity contribution < 1.29 is 4.74 Å². The Morgan fingerprint density at radius 3 is 2.89 bits per heavy atom. The average Bonchev–Trinajstić information content (AvgIpc) is 2.38. The first kappa shape index (κ1) is 13.7. The van der Waals surface area contributed by atoms with E-state index in [9.17, 15) is 0 Å². The summed E-state index contributed by atoms with van der Waals surface area (Å²) in [5.41, 5.74) is 0. The molecule has 0 spiro atoms. The van der Waals surface area contributed by atoms with Crippen molar-refractivity contribution in [1.82, 2.24) is 10.2 Å². The van der Waals surface area contributed by atoms with Gasteiger partial charge in [-0.2, -0.15) is 0 Å². The van der Waals surface area contributed by atoms with Crippen LogP contribution < -0.4 is 10.1 Å². The lowest BCUT2D eigenvalue weighted by Crippen LogP contribution is -2.45. The van der Waals surface area contributed by atoms with E-state index in [1.165, 1.54) is 0 Å². The van der Waals surface area contributed by atoms with Gasteiger partial charge in [-0.15, -0.1) is 0 Å². The Labute approximate surface area is 114 Å². The van der Waals surface area contributed by atoms with Gasteiger partial charge in [0.05, 0.1) is 6.61 Å². The summed E-state index contributed by atoms with van der Waals surface area (Å²) in [5, 5.41) is 4.09. The lowest BCUT2D eigenvalue weighted by atomic mass is 10.1. The molecule has 1 fully saturated rings. The first-order valence-corrected chi connectivity index (χ1v) is 6.93. The van der Waals surface area contributed by atoms with Gasteiger partial charge < -0.3 is 15.0 Å². The number of hydrogen-bond acceptors (Lipinski definition) is 3. The lowest BCUT2D eigenvalue weighted by Gasteiger charge is -2.29. The van der Waals surface area contributed by atoms with E-state index >= 15 is 0 Å². The average molecular weight is 269 g/mol. The molecule has 1 aromatic rings. The zero-order chi connectivity index (χ0) is 12.8. The van der Waals surface area contributed by atoms with Crippen molar-refractivity contribution >= 4 is 11.6 Å². The molecule has 100 valence electrons. The van der Waals surface area contributed by atoms with E-state index in [1.807, 2.05) is 24.3 Å². The van der Waals surface area contributed by atoms with Gasteiger partial charge >= 0.3 is 0 Å². The maximum Gasteiger partial charge on any atom is 0.120 e. The molecular formula is C14H21ClN2O. The fourth-order valence-corrected chi connectivity index (χ4v) is 2.36. The van der Waals surface area contributed by atoms with Crippen LogP contribution in [0.5, 0.6) is 5.75 Å². The normalized spacial score (nSPS) is 18.6. The first-order chi connectivity index (χ1) is 8.74. The third-order valence-corrected chi connectivity index (χ3v) is 3.35. The van der Waals surface area contributed by atoms with Crippen LogP contribution in [0.25, 0.3) is 0 Å². The predicted octanol–water partition coefficient (Wildman–Crippen LogP) is 2.26. The van der Waals surface area contributed by atoms with Gasteiger partial charge in [0.25, 0.3) is 0 Å². The molecule has 2 rings (SSSR count). The van der Waals surface area contributed by atoms with E-state index in [0.717, 1.165) is 50.1 Å². The smallest absolute Gasteiger partial charge is 0.120 e. The summed E-state index contributed by atoms with van der Waals surface area (Å²) in [6, 6.07) is 7.58. The summed E-state index contributed by atoms with van der Waals surface area (Å²) in [4.78, 5) is 2.49. The van der Waals surface area contributed by atoms with Gasteiger partial charge in [0.1, 0.15) is 5.75 Å². The van der Waals surface area contributed by atoms with E-state index in [1.54, 1.807) is 0 Å². The SMILES string of the molecule is CC(COc1cccc(Cl)c1)CN1CCNCC1. The first-order valence-electron chi connectivity index (χ1n) is 6.55. The highest BCUT2D eigenvalue weighted by atomic mass is 35.5. The molecule has 0 saturated carbocycles. The van der Waals surface area contributed by atoms with Crippen molar-refractivity contribution in [2.45, 2.75) is 6.92 Å². The zero-order valence-electron chi connectivity index (χ0n) is 10.9. The number of ether oxygens (including phenoxy) is 1. The number of nitrogens with one attached hydrogen (secondary N) is 1. The molecule has 1 heterocycles. The number of halogens is 1. The summed E-state index contributed by atoms with van der Waals surface area (Å²) in [6.07, 6.45) is 0. The van der Waals surface area contributed by atoms with Gasteiger partial charge in [-0.1, -0.05) is 24.6 Å². The minimum Gasteiger partial charge on any atom is -0.493 e. The number of nitrogens with zero attached hydrogens (tertiary/aromatic N) is 1. The van der Waals surface area contributed by atoms with Crippen molar-refractivity contribution in [3.8, 4) is 5.75 Å². The second-order valence-corrected chi connectivity index (χ2v) is 5.36. The summed E-state index contributed by atoms with van der Waals surface area (Å²) in [6.45, 7) is 8.55. The fourth-order valence-electron chi connectivity index (χ4n) is 2.18. The standard InChI is InChI=1S/C14H21ClN2O/c1-12(10-17-7-5-16-6-8-17)11-18-14-4-2-3-13(15)9-14/h2-4,9,12,16H,5-8,10-11H2,1H3. The number of piperazine rings is 1. The molecule has 1 N–H and O–H groups in total. The molecule has 0 aliphatic carbocycles. The van der Waals surface area contributed by atoms with Gasteiger partial charge in [0.2, 0.25) is 0 Å². The van der Waals surface area contributed by atoms with E-state index in [-0.39, 0.29) is 0 Å². The topological polar surface area (TPSA) is 24.5 Å². The van der Waals surface area contributed by atoms with Crippen molar-refractivity contribution in [2.75, 3.05) is 39.3 Å². The van der Waals surface area contributed by atoms with Crippen molar-refractivity contribution in [1.29, 1.82) is 0 Å². The minimum atomic E-state index is 0.530. The third kappa shape index (κ3) is 4.48. The molecule has 1 aliphatic rings. The molecule has 1 saturated heterocycles. The predicted molar refractivity (Wildman–Crippen MR) is 75.4 cm³/mol. The molecule has 18 heavy (non-hydrogen) atoms. The van der Waals surface area contributed by atoms with Crippen LogP contribution in [0, 0.1) is 5.92 Å². The van der Waals surface area contributed by atoms with E-state index in [2.05, 4.69) is 17.1 Å². The Balaban J connectivity index is 1.72. The molecule has 1 aromatic carbocycles. The Hall–Kier alpha value is -0.770. The quantitative estimate of drug-likeness (QED) is 0.887. The van der Waals surface area contributed by atoms with Crippen LogP contribution in [0.1, 0.15) is 6.92 Å². The van der Waals surface area contributed by atoms with Crippen molar-refractivity contribution in [3.05, 3.63) is 29.3 Å². The highest BCUT2D eigenvalue weighted by Gasteiger charge is 2.13. The van der Waals surface area contributed by atoms with Crippen LogP contribution >= 0.6 is 11.6 Å². The summed E-state index contributed by atoms with van der Waals surface area (Å²) in [7, 11) is 0. The van der Waals surface area contributed by atoms with Gasteiger partial charge in [0, 0.05) is 43.7 Å². The zero-order valence-corrected chi connectivity index (χ0v) is 11.6. The molecule has 1 atom stereocenters. The van der Waals surface area contributed by atoms with E-state index in [4.69, 9.17) is 16.3 Å². The number of hydrogen-bond donors (Lipinski definition) is 1. The maximum absolute atomic E-state index is 5.92. The van der Waals surface area contributed by atoms with E-state index < -0.39 is 0 Å².